The van der Waals surface area contributed by atoms with Gasteiger partial charge in [0.05, 0.1) is 5.56 Å². The highest BCUT2D eigenvalue weighted by molar-refractivity contribution is 5.96. The molecule has 0 aliphatic carbocycles. The van der Waals surface area contributed by atoms with Gasteiger partial charge in [-0.15, -0.1) is 0 Å². The van der Waals surface area contributed by atoms with Gasteiger partial charge in [0.25, 0.3) is 5.91 Å². The van der Waals surface area contributed by atoms with Crippen LogP contribution in [0.3, 0.4) is 0 Å². The van der Waals surface area contributed by atoms with Crippen LogP contribution in [0.1, 0.15) is 10.4 Å². The molecule has 0 spiro atoms. The van der Waals surface area contributed by atoms with Gasteiger partial charge in [-0.3, -0.25) is 9.59 Å². The van der Waals surface area contributed by atoms with Crippen LogP contribution in [0.5, 0.6) is 0 Å². The minimum absolute atomic E-state index is 0.0103. The Hall–Kier alpha value is -1.98. The van der Waals surface area contributed by atoms with Gasteiger partial charge in [-0.05, 0) is 12.1 Å². The number of halogens is 1. The number of nitrogens with zero attached hydrogens (tertiary/aromatic N) is 3. The van der Waals surface area contributed by atoms with E-state index in [2.05, 4.69) is 4.98 Å². The van der Waals surface area contributed by atoms with Crippen molar-refractivity contribution in [2.24, 2.45) is 0 Å². The highest BCUT2D eigenvalue weighted by Gasteiger charge is 2.27. The van der Waals surface area contributed by atoms with Crippen LogP contribution >= 0.6 is 0 Å². The Kier molecular flexibility index (Phi) is 3.03. The maximum absolute atomic E-state index is 13.3. The highest BCUT2D eigenvalue weighted by Crippen LogP contribution is 2.10. The predicted molar refractivity (Wildman–Crippen MR) is 57.7 cm³/mol. The number of hydrogen-bond donors (Lipinski definition) is 0. The number of rotatable bonds is 1. The molecule has 0 N–H and O–H groups in total. The monoisotopic (exact) mass is 237 g/mol. The summed E-state index contributed by atoms with van der Waals surface area (Å²) in [6.45, 7) is 0.867. The number of amides is 2. The number of hydrogen-bond acceptors (Lipinski definition) is 3. The molecule has 0 saturated carbocycles. The van der Waals surface area contributed by atoms with Gasteiger partial charge in [-0.2, -0.15) is 4.39 Å². The van der Waals surface area contributed by atoms with Crippen molar-refractivity contribution in [3.05, 3.63) is 29.8 Å². The second kappa shape index (κ2) is 4.48. The number of pyridine rings is 1. The van der Waals surface area contributed by atoms with Gasteiger partial charge in [-0.1, -0.05) is 0 Å². The molecule has 1 fully saturated rings. The van der Waals surface area contributed by atoms with E-state index in [4.69, 9.17) is 0 Å². The van der Waals surface area contributed by atoms with Gasteiger partial charge in [-0.25, -0.2) is 4.98 Å². The summed E-state index contributed by atoms with van der Waals surface area (Å²) in [4.78, 5) is 29.7. The summed E-state index contributed by atoms with van der Waals surface area (Å²) < 4.78 is 13.3. The van der Waals surface area contributed by atoms with Crippen LogP contribution in [-0.2, 0) is 4.79 Å². The summed E-state index contributed by atoms with van der Waals surface area (Å²) in [6.07, 6.45) is 1.28. The van der Waals surface area contributed by atoms with E-state index < -0.39 is 11.9 Å². The largest absolute Gasteiger partial charge is 0.342 e. The first-order valence-corrected chi connectivity index (χ1v) is 5.23. The number of piperazine rings is 1. The first kappa shape index (κ1) is 11.5. The summed E-state index contributed by atoms with van der Waals surface area (Å²) in [7, 11) is 1.68. The molecule has 0 aromatic carbocycles. The van der Waals surface area contributed by atoms with Gasteiger partial charge in [0.2, 0.25) is 11.9 Å². The molecule has 90 valence electrons. The van der Waals surface area contributed by atoms with E-state index in [0.717, 1.165) is 0 Å². The molecule has 1 aliphatic heterocycles. The summed E-state index contributed by atoms with van der Waals surface area (Å²) in [5.41, 5.74) is -0.0927. The van der Waals surface area contributed by atoms with Crippen molar-refractivity contribution in [2.75, 3.05) is 26.7 Å². The number of likely N-dealkylation sites (N-methyl/N-ethyl adjacent to an activating group) is 1. The molecule has 0 atom stereocenters. The molecular formula is C11H12FN3O2. The Morgan fingerprint density at radius 2 is 2.24 bits per heavy atom. The Morgan fingerprint density at radius 3 is 2.88 bits per heavy atom. The van der Waals surface area contributed by atoms with Crippen molar-refractivity contribution >= 4 is 11.8 Å². The van der Waals surface area contributed by atoms with Crippen molar-refractivity contribution < 1.29 is 14.0 Å². The van der Waals surface area contributed by atoms with Gasteiger partial charge < -0.3 is 9.80 Å². The molecule has 1 aromatic rings. The zero-order valence-corrected chi connectivity index (χ0v) is 9.39. The molecule has 5 nitrogen and oxygen atoms in total. The van der Waals surface area contributed by atoms with E-state index in [1.54, 1.807) is 11.9 Å². The molecule has 0 unspecified atom stereocenters. The van der Waals surface area contributed by atoms with E-state index in [1.165, 1.54) is 23.2 Å². The molecule has 1 saturated heterocycles. The lowest BCUT2D eigenvalue weighted by atomic mass is 10.2. The topological polar surface area (TPSA) is 53.5 Å². The average molecular weight is 237 g/mol. The quantitative estimate of drug-likeness (QED) is 0.653. The van der Waals surface area contributed by atoms with E-state index in [0.29, 0.717) is 13.1 Å². The maximum Gasteiger partial charge on any atom is 0.259 e. The maximum atomic E-state index is 13.3. The number of aromatic nitrogens is 1. The van der Waals surface area contributed by atoms with Crippen molar-refractivity contribution in [3.63, 3.8) is 0 Å². The lowest BCUT2D eigenvalue weighted by Crippen LogP contribution is -2.50. The van der Waals surface area contributed by atoms with Crippen LogP contribution in [0.15, 0.2) is 18.3 Å². The molecule has 0 bridgehead atoms. The summed E-state index contributed by atoms with van der Waals surface area (Å²) >= 11 is 0. The first-order chi connectivity index (χ1) is 8.09. The predicted octanol–water partition coefficient (Wildman–Crippen LogP) is 0.135. The molecule has 1 aliphatic rings. The fourth-order valence-electron chi connectivity index (χ4n) is 1.65. The minimum atomic E-state index is -0.802. The minimum Gasteiger partial charge on any atom is -0.342 e. The molecular weight excluding hydrogens is 225 g/mol. The standard InChI is InChI=1S/C11H12FN3O2/c1-14-5-6-15(7-9(14)16)11(17)8-3-2-4-13-10(8)12/h2-4H,5-7H2,1H3. The van der Waals surface area contributed by atoms with Gasteiger partial charge in [0.1, 0.15) is 6.54 Å². The van der Waals surface area contributed by atoms with Crippen LogP contribution < -0.4 is 0 Å². The third-order valence-electron chi connectivity index (χ3n) is 2.73. The molecule has 2 heterocycles. The number of carbonyl (C=O) groups excluding carboxylic acids is 2. The first-order valence-electron chi connectivity index (χ1n) is 5.23. The van der Waals surface area contributed by atoms with E-state index in [-0.39, 0.29) is 18.0 Å². The van der Waals surface area contributed by atoms with Crippen LogP contribution in [0.25, 0.3) is 0 Å². The molecule has 17 heavy (non-hydrogen) atoms. The normalized spacial score (nSPS) is 16.2. The Labute approximate surface area is 97.8 Å². The third-order valence-corrected chi connectivity index (χ3v) is 2.73. The van der Waals surface area contributed by atoms with Crippen molar-refractivity contribution in [1.82, 2.24) is 14.8 Å². The second-order valence-corrected chi connectivity index (χ2v) is 3.88. The SMILES string of the molecule is CN1CCN(C(=O)c2cccnc2F)CC1=O. The lowest BCUT2D eigenvalue weighted by molar-refractivity contribution is -0.133. The van der Waals surface area contributed by atoms with Crippen molar-refractivity contribution in [1.29, 1.82) is 0 Å². The summed E-state index contributed by atoms with van der Waals surface area (Å²) in [6, 6.07) is 2.86. The zero-order valence-electron chi connectivity index (χ0n) is 9.39. The van der Waals surface area contributed by atoms with E-state index in [9.17, 15) is 14.0 Å². The molecule has 6 heteroatoms. The fourth-order valence-corrected chi connectivity index (χ4v) is 1.65. The molecule has 2 rings (SSSR count). The lowest BCUT2D eigenvalue weighted by Gasteiger charge is -2.31. The zero-order chi connectivity index (χ0) is 12.4. The van der Waals surface area contributed by atoms with Crippen molar-refractivity contribution in [3.8, 4) is 0 Å². The van der Waals surface area contributed by atoms with Gasteiger partial charge in [0.15, 0.2) is 0 Å². The summed E-state index contributed by atoms with van der Waals surface area (Å²) in [5.74, 6) is -1.44. The Bertz CT molecular complexity index is 464. The highest BCUT2D eigenvalue weighted by atomic mass is 19.1. The average Bonchev–Trinajstić information content (AvgIpc) is 2.32. The van der Waals surface area contributed by atoms with Gasteiger partial charge >= 0.3 is 0 Å². The molecule has 2 amide bonds. The van der Waals surface area contributed by atoms with Crippen molar-refractivity contribution in [2.45, 2.75) is 0 Å². The van der Waals surface area contributed by atoms with Crippen LogP contribution in [0, 0.1) is 5.95 Å². The van der Waals surface area contributed by atoms with Gasteiger partial charge in [0, 0.05) is 26.3 Å². The Balaban J connectivity index is 2.16. The van der Waals surface area contributed by atoms with E-state index >= 15 is 0 Å². The molecule has 0 radical (unpaired) electrons. The second-order valence-electron chi connectivity index (χ2n) is 3.88. The van der Waals surface area contributed by atoms with Crippen LogP contribution in [-0.4, -0.2) is 53.3 Å². The summed E-state index contributed by atoms with van der Waals surface area (Å²) in [5, 5.41) is 0. The van der Waals surface area contributed by atoms with Crippen LogP contribution in [0.4, 0.5) is 4.39 Å². The van der Waals surface area contributed by atoms with E-state index in [1.807, 2.05) is 0 Å². The smallest absolute Gasteiger partial charge is 0.259 e. The Morgan fingerprint density at radius 1 is 1.47 bits per heavy atom. The van der Waals surface area contributed by atoms with Crippen LogP contribution in [0.2, 0.25) is 0 Å². The molecule has 1 aromatic heterocycles. The number of carbonyl (C=O) groups is 2. The fraction of sp³-hybridized carbons (Fsp3) is 0.364. The third kappa shape index (κ3) is 2.25.